The highest BCUT2D eigenvalue weighted by Crippen LogP contribution is 2.36. The lowest BCUT2D eigenvalue weighted by Gasteiger charge is -2.12. The molecule has 1 aromatic carbocycles. The molecule has 0 aliphatic heterocycles. The van der Waals surface area contributed by atoms with Gasteiger partial charge in [0.25, 0.3) is 0 Å². The Morgan fingerprint density at radius 2 is 1.84 bits per heavy atom. The molecule has 19 heavy (non-hydrogen) atoms. The summed E-state index contributed by atoms with van der Waals surface area (Å²) in [5.74, 6) is 0. The number of alkyl halides is 3. The van der Waals surface area contributed by atoms with Crippen molar-refractivity contribution in [3.63, 3.8) is 0 Å². The highest BCUT2D eigenvalue weighted by Gasteiger charge is 2.33. The van der Waals surface area contributed by atoms with Crippen LogP contribution in [0.1, 0.15) is 11.1 Å². The highest BCUT2D eigenvalue weighted by atomic mass is 79.9. The van der Waals surface area contributed by atoms with Crippen LogP contribution >= 0.6 is 15.9 Å². The highest BCUT2D eigenvalue weighted by molar-refractivity contribution is 9.10. The minimum absolute atomic E-state index is 0.0218. The summed E-state index contributed by atoms with van der Waals surface area (Å²) >= 11 is 2.89. The molecule has 0 saturated heterocycles. The van der Waals surface area contributed by atoms with Gasteiger partial charge >= 0.3 is 6.18 Å². The lowest BCUT2D eigenvalue weighted by molar-refractivity contribution is -0.138. The van der Waals surface area contributed by atoms with Crippen molar-refractivity contribution in [3.8, 4) is 0 Å². The number of benzene rings is 1. The number of hydrogen-bond acceptors (Lipinski definition) is 3. The van der Waals surface area contributed by atoms with Gasteiger partial charge in [-0.15, -0.1) is 0 Å². The molecule has 0 aliphatic rings. The molecule has 0 amide bonds. The van der Waals surface area contributed by atoms with E-state index in [0.29, 0.717) is 12.2 Å². The van der Waals surface area contributed by atoms with Crippen molar-refractivity contribution in [1.29, 1.82) is 0 Å². The lowest BCUT2D eigenvalue weighted by Crippen LogP contribution is -2.08. The zero-order chi connectivity index (χ0) is 13.9. The largest absolute Gasteiger partial charge is 0.417 e. The zero-order valence-electron chi connectivity index (χ0n) is 9.58. The van der Waals surface area contributed by atoms with Gasteiger partial charge in [-0.05, 0) is 18.2 Å². The Bertz CT molecular complexity index is 558. The molecule has 1 heterocycles. The fourth-order valence-corrected chi connectivity index (χ4v) is 1.95. The summed E-state index contributed by atoms with van der Waals surface area (Å²) in [4.78, 5) is 7.66. The molecule has 0 radical (unpaired) electrons. The van der Waals surface area contributed by atoms with E-state index >= 15 is 0 Å². The van der Waals surface area contributed by atoms with Gasteiger partial charge in [-0.2, -0.15) is 13.2 Å². The Morgan fingerprint density at radius 1 is 1.16 bits per heavy atom. The Kier molecular flexibility index (Phi) is 4.04. The van der Waals surface area contributed by atoms with Crippen LogP contribution in [0.4, 0.5) is 18.9 Å². The number of rotatable bonds is 3. The lowest BCUT2D eigenvalue weighted by atomic mass is 10.2. The van der Waals surface area contributed by atoms with Crippen molar-refractivity contribution in [2.45, 2.75) is 12.7 Å². The molecule has 0 bridgehead atoms. The molecule has 1 N–H and O–H groups in total. The Morgan fingerprint density at radius 3 is 2.47 bits per heavy atom. The van der Waals surface area contributed by atoms with E-state index in [1.54, 1.807) is 18.5 Å². The molecule has 100 valence electrons. The fourth-order valence-electron chi connectivity index (χ4n) is 1.48. The predicted molar refractivity (Wildman–Crippen MR) is 68.5 cm³/mol. The van der Waals surface area contributed by atoms with Gasteiger partial charge in [-0.25, -0.2) is 9.97 Å². The van der Waals surface area contributed by atoms with Gasteiger partial charge in [-0.3, -0.25) is 0 Å². The SMILES string of the molecule is FC(F)(F)c1cc(NCc2cncnc2)ccc1Br. The van der Waals surface area contributed by atoms with Crippen LogP contribution in [0.2, 0.25) is 0 Å². The predicted octanol–water partition coefficient (Wildman–Crippen LogP) is 3.87. The number of nitrogens with one attached hydrogen (secondary N) is 1. The third-order valence-corrected chi connectivity index (χ3v) is 3.07. The molecule has 2 aromatic rings. The van der Waals surface area contributed by atoms with Crippen LogP contribution in [0.25, 0.3) is 0 Å². The van der Waals surface area contributed by atoms with Gasteiger partial charge < -0.3 is 5.32 Å². The van der Waals surface area contributed by atoms with Crippen molar-refractivity contribution in [2.24, 2.45) is 0 Å². The summed E-state index contributed by atoms with van der Waals surface area (Å²) in [6.45, 7) is 0.361. The minimum Gasteiger partial charge on any atom is -0.381 e. The van der Waals surface area contributed by atoms with E-state index in [1.807, 2.05) is 0 Å². The van der Waals surface area contributed by atoms with E-state index < -0.39 is 11.7 Å². The zero-order valence-corrected chi connectivity index (χ0v) is 11.2. The molecule has 0 atom stereocenters. The number of halogens is 4. The average Bonchev–Trinajstić information content (AvgIpc) is 2.37. The number of nitrogens with zero attached hydrogens (tertiary/aromatic N) is 2. The van der Waals surface area contributed by atoms with E-state index in [9.17, 15) is 13.2 Å². The first-order chi connectivity index (χ1) is 8.97. The maximum atomic E-state index is 12.7. The maximum absolute atomic E-state index is 12.7. The van der Waals surface area contributed by atoms with Crippen LogP contribution in [-0.2, 0) is 12.7 Å². The summed E-state index contributed by atoms with van der Waals surface area (Å²) in [7, 11) is 0. The van der Waals surface area contributed by atoms with Gasteiger partial charge in [-0.1, -0.05) is 15.9 Å². The number of aromatic nitrogens is 2. The molecular formula is C12H9BrF3N3. The topological polar surface area (TPSA) is 37.8 Å². The summed E-state index contributed by atoms with van der Waals surface area (Å²) in [5.41, 5.74) is 0.472. The van der Waals surface area contributed by atoms with E-state index in [1.165, 1.54) is 12.4 Å². The van der Waals surface area contributed by atoms with Gasteiger partial charge in [0.15, 0.2) is 0 Å². The summed E-state index contributed by atoms with van der Waals surface area (Å²) in [6.07, 6.45) is 0.213. The Balaban J connectivity index is 2.14. The molecule has 0 fully saturated rings. The summed E-state index contributed by atoms with van der Waals surface area (Å²) < 4.78 is 38.2. The van der Waals surface area contributed by atoms with E-state index in [4.69, 9.17) is 0 Å². The van der Waals surface area contributed by atoms with Gasteiger partial charge in [0.1, 0.15) is 6.33 Å². The first kappa shape index (κ1) is 13.8. The van der Waals surface area contributed by atoms with E-state index in [-0.39, 0.29) is 4.47 Å². The maximum Gasteiger partial charge on any atom is 0.417 e. The third-order valence-electron chi connectivity index (χ3n) is 2.38. The van der Waals surface area contributed by atoms with Crippen LogP contribution in [0.3, 0.4) is 0 Å². The van der Waals surface area contributed by atoms with E-state index in [0.717, 1.165) is 11.6 Å². The Labute approximate surface area is 116 Å². The van der Waals surface area contributed by atoms with Gasteiger partial charge in [0.2, 0.25) is 0 Å². The van der Waals surface area contributed by atoms with Gasteiger partial charge in [0, 0.05) is 34.7 Å². The van der Waals surface area contributed by atoms with Crippen LogP contribution in [-0.4, -0.2) is 9.97 Å². The smallest absolute Gasteiger partial charge is 0.381 e. The molecule has 0 unspecified atom stereocenters. The van der Waals surface area contributed by atoms with Crippen molar-refractivity contribution >= 4 is 21.6 Å². The normalized spacial score (nSPS) is 11.4. The number of anilines is 1. The van der Waals surface area contributed by atoms with Crippen LogP contribution < -0.4 is 5.32 Å². The quantitative estimate of drug-likeness (QED) is 0.927. The number of hydrogen-bond donors (Lipinski definition) is 1. The summed E-state index contributed by atoms with van der Waals surface area (Å²) in [6, 6.07) is 4.00. The van der Waals surface area contributed by atoms with Crippen LogP contribution in [0, 0.1) is 0 Å². The first-order valence-corrected chi connectivity index (χ1v) is 6.10. The van der Waals surface area contributed by atoms with Crippen molar-refractivity contribution in [2.75, 3.05) is 5.32 Å². The van der Waals surface area contributed by atoms with Crippen molar-refractivity contribution < 1.29 is 13.2 Å². The van der Waals surface area contributed by atoms with Gasteiger partial charge in [0.05, 0.1) is 5.56 Å². The molecule has 0 aliphatic carbocycles. The monoisotopic (exact) mass is 331 g/mol. The molecular weight excluding hydrogens is 323 g/mol. The fraction of sp³-hybridized carbons (Fsp3) is 0.167. The Hall–Kier alpha value is -1.63. The second kappa shape index (κ2) is 5.56. The van der Waals surface area contributed by atoms with Crippen molar-refractivity contribution in [3.05, 3.63) is 52.5 Å². The van der Waals surface area contributed by atoms with Crippen LogP contribution in [0.5, 0.6) is 0 Å². The molecule has 7 heteroatoms. The minimum atomic E-state index is -4.38. The molecule has 2 rings (SSSR count). The summed E-state index contributed by atoms with van der Waals surface area (Å²) in [5, 5.41) is 2.90. The molecule has 0 saturated carbocycles. The van der Waals surface area contributed by atoms with E-state index in [2.05, 4.69) is 31.2 Å². The molecule has 0 spiro atoms. The van der Waals surface area contributed by atoms with Crippen LogP contribution in [0.15, 0.2) is 41.4 Å². The molecule has 1 aromatic heterocycles. The standard InChI is InChI=1S/C12H9BrF3N3/c13-11-2-1-9(3-10(11)12(14,15)16)19-6-8-4-17-7-18-5-8/h1-5,7,19H,6H2. The third kappa shape index (κ3) is 3.66. The second-order valence-corrected chi connectivity index (χ2v) is 4.65. The molecule has 3 nitrogen and oxygen atoms in total. The average molecular weight is 332 g/mol. The first-order valence-electron chi connectivity index (χ1n) is 5.31. The van der Waals surface area contributed by atoms with Crippen molar-refractivity contribution in [1.82, 2.24) is 9.97 Å². The second-order valence-electron chi connectivity index (χ2n) is 3.79.